The van der Waals surface area contributed by atoms with Crippen molar-refractivity contribution in [1.29, 1.82) is 0 Å². The predicted octanol–water partition coefficient (Wildman–Crippen LogP) is 4.14. The van der Waals surface area contributed by atoms with E-state index >= 15 is 0 Å². The van der Waals surface area contributed by atoms with E-state index in [1.54, 1.807) is 0 Å². The highest BCUT2D eigenvalue weighted by atomic mass is 35.5. The van der Waals surface area contributed by atoms with Crippen LogP contribution in [0.25, 0.3) is 5.82 Å². The molecule has 2 aromatic rings. The second-order valence-electron chi connectivity index (χ2n) is 4.56. The van der Waals surface area contributed by atoms with Crippen molar-refractivity contribution >= 4 is 17.6 Å². The minimum absolute atomic E-state index is 0.148. The summed E-state index contributed by atoms with van der Waals surface area (Å²) in [5.41, 5.74) is -3.71. The van der Waals surface area contributed by atoms with Crippen LogP contribution in [-0.2, 0) is 17.1 Å². The van der Waals surface area contributed by atoms with Crippen molar-refractivity contribution in [1.82, 2.24) is 14.8 Å². The fourth-order valence-corrected chi connectivity index (χ4v) is 2.13. The Balaban J connectivity index is 2.62. The van der Waals surface area contributed by atoms with E-state index in [1.165, 1.54) is 6.92 Å². The smallest absolute Gasteiger partial charge is 0.434 e. The lowest BCUT2D eigenvalue weighted by Gasteiger charge is -2.13. The molecule has 0 fully saturated rings. The first kappa shape index (κ1) is 19.0. The van der Waals surface area contributed by atoms with Gasteiger partial charge in [0.05, 0.1) is 23.4 Å². The molecule has 0 N–H and O–H groups in total. The average Bonchev–Trinajstić information content (AvgIpc) is 2.91. The number of rotatable bonds is 3. The first-order valence-corrected chi connectivity index (χ1v) is 6.90. The number of carbonyl (C=O) groups is 1. The van der Waals surface area contributed by atoms with Crippen molar-refractivity contribution in [2.75, 3.05) is 6.61 Å². The van der Waals surface area contributed by atoms with Crippen LogP contribution in [0.4, 0.5) is 26.3 Å². The zero-order valence-electron chi connectivity index (χ0n) is 12.2. The van der Waals surface area contributed by atoms with Crippen molar-refractivity contribution in [3.8, 4) is 5.82 Å². The highest BCUT2D eigenvalue weighted by Crippen LogP contribution is 2.36. The number of ether oxygens (including phenoxy) is 1. The summed E-state index contributed by atoms with van der Waals surface area (Å²) in [6.45, 7) is 1.21. The highest BCUT2D eigenvalue weighted by Gasteiger charge is 2.42. The Morgan fingerprint density at radius 3 is 2.32 bits per heavy atom. The van der Waals surface area contributed by atoms with Crippen LogP contribution in [0.1, 0.15) is 28.5 Å². The molecule has 0 aliphatic rings. The SMILES string of the molecule is CCOC(=O)c1cnn(-c2ncc(C(F)(F)F)cc2Cl)c1C(F)(F)F. The van der Waals surface area contributed by atoms with E-state index in [4.69, 9.17) is 11.6 Å². The summed E-state index contributed by atoms with van der Waals surface area (Å²) in [6, 6.07) is 0.412. The Bertz CT molecular complexity index is 800. The van der Waals surface area contributed by atoms with Gasteiger partial charge in [0.25, 0.3) is 0 Å². The third kappa shape index (κ3) is 3.86. The number of alkyl halides is 6. The summed E-state index contributed by atoms with van der Waals surface area (Å²) < 4.78 is 82.4. The Kier molecular flexibility index (Phi) is 4.98. The molecule has 0 atom stereocenters. The van der Waals surface area contributed by atoms with Crippen LogP contribution in [0.2, 0.25) is 5.02 Å². The molecule has 0 aliphatic carbocycles. The van der Waals surface area contributed by atoms with Gasteiger partial charge in [-0.25, -0.2) is 14.5 Å². The number of pyridine rings is 1. The Morgan fingerprint density at radius 1 is 1.20 bits per heavy atom. The number of aromatic nitrogens is 3. The van der Waals surface area contributed by atoms with Crippen LogP contribution in [0.5, 0.6) is 0 Å². The van der Waals surface area contributed by atoms with Gasteiger partial charge in [-0.05, 0) is 13.0 Å². The molecule has 0 spiro atoms. The van der Waals surface area contributed by atoms with Gasteiger partial charge in [0.15, 0.2) is 11.5 Å². The second-order valence-corrected chi connectivity index (χ2v) is 4.97. The molecule has 12 heteroatoms. The van der Waals surface area contributed by atoms with Crippen LogP contribution in [0.3, 0.4) is 0 Å². The zero-order chi connectivity index (χ0) is 19.0. The van der Waals surface area contributed by atoms with Gasteiger partial charge >= 0.3 is 18.3 Å². The van der Waals surface area contributed by atoms with Gasteiger partial charge in [-0.3, -0.25) is 0 Å². The van der Waals surface area contributed by atoms with E-state index in [0.717, 1.165) is 0 Å². The molecule has 0 radical (unpaired) electrons. The topological polar surface area (TPSA) is 57.0 Å². The number of hydrogen-bond donors (Lipinski definition) is 0. The van der Waals surface area contributed by atoms with Gasteiger partial charge in [-0.1, -0.05) is 11.6 Å². The first-order chi connectivity index (χ1) is 11.5. The van der Waals surface area contributed by atoms with E-state index in [0.29, 0.717) is 18.5 Å². The van der Waals surface area contributed by atoms with Gasteiger partial charge in [0, 0.05) is 6.20 Å². The van der Waals surface area contributed by atoms with Gasteiger partial charge in [0.1, 0.15) is 5.56 Å². The third-order valence-electron chi connectivity index (χ3n) is 2.88. The first-order valence-electron chi connectivity index (χ1n) is 6.52. The van der Waals surface area contributed by atoms with Gasteiger partial charge in [0.2, 0.25) is 0 Å². The van der Waals surface area contributed by atoms with Gasteiger partial charge in [-0.15, -0.1) is 0 Å². The average molecular weight is 388 g/mol. The maximum absolute atomic E-state index is 13.3. The molecule has 25 heavy (non-hydrogen) atoms. The zero-order valence-corrected chi connectivity index (χ0v) is 13.0. The minimum atomic E-state index is -5.06. The molecule has 136 valence electrons. The molecule has 2 rings (SSSR count). The molecule has 0 saturated heterocycles. The standard InChI is InChI=1S/C13H8ClF6N3O2/c1-2-25-11(24)7-5-22-23(9(7)13(18,19)20)10-8(14)3-6(4-21-10)12(15,16)17/h3-5H,2H2,1H3. The molecule has 0 amide bonds. The molecule has 0 aliphatic heterocycles. The maximum Gasteiger partial charge on any atom is 0.434 e. The number of carbonyl (C=O) groups excluding carboxylic acids is 1. The largest absolute Gasteiger partial charge is 0.462 e. The lowest BCUT2D eigenvalue weighted by Crippen LogP contribution is -2.19. The minimum Gasteiger partial charge on any atom is -0.462 e. The number of hydrogen-bond acceptors (Lipinski definition) is 4. The molecule has 2 aromatic heterocycles. The molecule has 0 aromatic carbocycles. The highest BCUT2D eigenvalue weighted by molar-refractivity contribution is 6.32. The van der Waals surface area contributed by atoms with Crippen LogP contribution in [0, 0.1) is 0 Å². The molecule has 5 nitrogen and oxygen atoms in total. The predicted molar refractivity (Wildman–Crippen MR) is 72.3 cm³/mol. The van der Waals surface area contributed by atoms with Gasteiger partial charge < -0.3 is 4.74 Å². The summed E-state index contributed by atoms with van der Waals surface area (Å²) in [5, 5.41) is 2.65. The maximum atomic E-state index is 13.3. The van der Waals surface area contributed by atoms with E-state index < -0.39 is 46.0 Å². The monoisotopic (exact) mass is 387 g/mol. The Hall–Kier alpha value is -2.30. The fourth-order valence-electron chi connectivity index (χ4n) is 1.88. The summed E-state index contributed by atoms with van der Waals surface area (Å²) in [7, 11) is 0. The van der Waals surface area contributed by atoms with E-state index in [1.807, 2.05) is 0 Å². The fraction of sp³-hybridized carbons (Fsp3) is 0.308. The summed E-state index contributed by atoms with van der Waals surface area (Å²) in [5.74, 6) is -2.00. The summed E-state index contributed by atoms with van der Waals surface area (Å²) >= 11 is 5.64. The molecule has 0 bridgehead atoms. The van der Waals surface area contributed by atoms with Crippen LogP contribution in [-0.4, -0.2) is 27.3 Å². The third-order valence-corrected chi connectivity index (χ3v) is 3.16. The van der Waals surface area contributed by atoms with Gasteiger partial charge in [-0.2, -0.15) is 31.4 Å². The van der Waals surface area contributed by atoms with Crippen molar-refractivity contribution in [3.05, 3.63) is 40.3 Å². The van der Waals surface area contributed by atoms with Crippen molar-refractivity contribution in [2.45, 2.75) is 19.3 Å². The molecule has 2 heterocycles. The number of nitrogens with zero attached hydrogens (tertiary/aromatic N) is 3. The Labute approximate surface area is 141 Å². The van der Waals surface area contributed by atoms with Crippen LogP contribution < -0.4 is 0 Å². The van der Waals surface area contributed by atoms with E-state index in [9.17, 15) is 31.1 Å². The quantitative estimate of drug-likeness (QED) is 0.587. The van der Waals surface area contributed by atoms with Crippen molar-refractivity contribution in [2.24, 2.45) is 0 Å². The summed E-state index contributed by atoms with van der Waals surface area (Å²) in [4.78, 5) is 15.0. The second kappa shape index (κ2) is 6.54. The molecule has 0 unspecified atom stereocenters. The van der Waals surface area contributed by atoms with Crippen molar-refractivity contribution < 1.29 is 35.9 Å². The Morgan fingerprint density at radius 2 is 1.84 bits per heavy atom. The van der Waals surface area contributed by atoms with Crippen LogP contribution >= 0.6 is 11.6 Å². The molecular formula is C13H8ClF6N3O2. The lowest BCUT2D eigenvalue weighted by molar-refractivity contribution is -0.143. The summed E-state index contributed by atoms with van der Waals surface area (Å²) in [6.07, 6.45) is -8.95. The van der Waals surface area contributed by atoms with E-state index in [-0.39, 0.29) is 11.3 Å². The normalized spacial score (nSPS) is 12.3. The van der Waals surface area contributed by atoms with Crippen LogP contribution in [0.15, 0.2) is 18.5 Å². The number of esters is 1. The molecule has 0 saturated carbocycles. The molecular weight excluding hydrogens is 380 g/mol. The van der Waals surface area contributed by atoms with Crippen molar-refractivity contribution in [3.63, 3.8) is 0 Å². The lowest BCUT2D eigenvalue weighted by atomic mass is 10.2. The number of halogens is 7. The van der Waals surface area contributed by atoms with E-state index in [2.05, 4.69) is 14.8 Å².